The average Bonchev–Trinajstić information content (AvgIpc) is 2.97. The molecule has 0 saturated heterocycles. The zero-order chi connectivity index (χ0) is 29.3. The Balaban J connectivity index is 0.000000425. The first-order valence-electron chi connectivity index (χ1n) is 14.1. The summed E-state index contributed by atoms with van der Waals surface area (Å²) >= 11 is 0. The third-order valence-corrected chi connectivity index (χ3v) is 6.95. The smallest absolute Gasteiger partial charge is 0.130 e. The first-order chi connectivity index (χ1) is 19.4. The lowest BCUT2D eigenvalue weighted by atomic mass is 9.99. The summed E-state index contributed by atoms with van der Waals surface area (Å²) in [5, 5.41) is 9.01. The molecular formula is C34H48O6. The van der Waals surface area contributed by atoms with E-state index in [1.807, 2.05) is 24.3 Å². The summed E-state index contributed by atoms with van der Waals surface area (Å²) in [4.78, 5) is 0. The van der Waals surface area contributed by atoms with Crippen LogP contribution in [0.25, 0.3) is 0 Å². The molecule has 40 heavy (non-hydrogen) atoms. The maximum atomic E-state index is 9.01. The van der Waals surface area contributed by atoms with Gasteiger partial charge in [0, 0.05) is 32.5 Å². The molecule has 2 atom stereocenters. The topological polar surface area (TPSA) is 66.4 Å². The van der Waals surface area contributed by atoms with Gasteiger partial charge in [-0.3, -0.25) is 0 Å². The SMILES string of the molecule is CCC(C)c1ccc(O)cc1.CCC(C)c1ccc(OCCOc2c(COC)cc(COC)cc2COC)cc1. The second kappa shape index (κ2) is 18.3. The summed E-state index contributed by atoms with van der Waals surface area (Å²) in [5.74, 6) is 3.15. The van der Waals surface area contributed by atoms with Gasteiger partial charge in [0.15, 0.2) is 0 Å². The summed E-state index contributed by atoms with van der Waals surface area (Å²) in [6.07, 6.45) is 2.27. The van der Waals surface area contributed by atoms with Crippen LogP contribution in [0.3, 0.4) is 0 Å². The van der Waals surface area contributed by atoms with Crippen LogP contribution in [0.5, 0.6) is 17.2 Å². The molecule has 0 bridgehead atoms. The van der Waals surface area contributed by atoms with Gasteiger partial charge in [0.2, 0.25) is 0 Å². The second-order valence-electron chi connectivity index (χ2n) is 10.0. The van der Waals surface area contributed by atoms with E-state index in [1.165, 1.54) is 11.1 Å². The lowest BCUT2D eigenvalue weighted by molar-refractivity contribution is 0.161. The average molecular weight is 553 g/mol. The van der Waals surface area contributed by atoms with E-state index in [-0.39, 0.29) is 0 Å². The van der Waals surface area contributed by atoms with Crippen LogP contribution in [0.1, 0.15) is 80.2 Å². The normalized spacial score (nSPS) is 12.3. The Morgan fingerprint density at radius 1 is 0.625 bits per heavy atom. The number of ether oxygens (including phenoxy) is 5. The minimum Gasteiger partial charge on any atom is -0.508 e. The van der Waals surface area contributed by atoms with Gasteiger partial charge in [-0.1, -0.05) is 52.0 Å². The van der Waals surface area contributed by atoms with E-state index in [0.29, 0.717) is 50.6 Å². The van der Waals surface area contributed by atoms with Crippen LogP contribution < -0.4 is 9.47 Å². The number of phenolic OH excluding ortho intramolecular Hbond substituents is 1. The molecule has 2 unspecified atom stereocenters. The first kappa shape index (κ1) is 33.1. The zero-order valence-corrected chi connectivity index (χ0v) is 25.4. The predicted molar refractivity (Wildman–Crippen MR) is 162 cm³/mol. The Bertz CT molecular complexity index is 1070. The number of hydrogen-bond acceptors (Lipinski definition) is 6. The summed E-state index contributed by atoms with van der Waals surface area (Å²) in [5.41, 5.74) is 5.65. The van der Waals surface area contributed by atoms with E-state index in [2.05, 4.69) is 52.0 Å². The Labute approximate surface area is 241 Å². The van der Waals surface area contributed by atoms with Crippen LogP contribution in [0.15, 0.2) is 60.7 Å². The summed E-state index contributed by atoms with van der Waals surface area (Å²) < 4.78 is 27.9. The molecule has 0 radical (unpaired) electrons. The molecule has 0 spiro atoms. The third-order valence-electron chi connectivity index (χ3n) is 6.95. The van der Waals surface area contributed by atoms with Crippen molar-refractivity contribution in [2.75, 3.05) is 34.5 Å². The van der Waals surface area contributed by atoms with E-state index in [1.54, 1.807) is 33.5 Å². The van der Waals surface area contributed by atoms with E-state index in [4.69, 9.17) is 28.8 Å². The zero-order valence-electron chi connectivity index (χ0n) is 25.4. The standard InChI is InChI=1S/C24H34O5.C10H14O/c1-6-18(2)20-7-9-23(10-8-20)28-11-12-29-24-21(16-26-4)13-19(15-25-3)14-22(24)17-27-5;1-3-8(2)9-4-6-10(11)7-5-9/h7-10,13-14,18H,6,11-12,15-17H2,1-5H3;4-8,11H,3H2,1-2H3. The highest BCUT2D eigenvalue weighted by Crippen LogP contribution is 2.28. The molecule has 0 aliphatic rings. The van der Waals surface area contributed by atoms with E-state index in [9.17, 15) is 0 Å². The van der Waals surface area contributed by atoms with Gasteiger partial charge in [-0.15, -0.1) is 0 Å². The van der Waals surface area contributed by atoms with Crippen molar-refractivity contribution in [1.29, 1.82) is 0 Å². The molecule has 0 amide bonds. The molecule has 0 fully saturated rings. The van der Waals surface area contributed by atoms with Crippen molar-refractivity contribution in [2.45, 2.75) is 72.2 Å². The molecular weight excluding hydrogens is 504 g/mol. The number of aromatic hydroxyl groups is 1. The van der Waals surface area contributed by atoms with Crippen LogP contribution >= 0.6 is 0 Å². The Kier molecular flexibility index (Phi) is 15.2. The highest BCUT2D eigenvalue weighted by Gasteiger charge is 2.13. The molecule has 6 nitrogen and oxygen atoms in total. The van der Waals surface area contributed by atoms with Crippen LogP contribution in [0.4, 0.5) is 0 Å². The van der Waals surface area contributed by atoms with Gasteiger partial charge >= 0.3 is 0 Å². The number of benzene rings is 3. The van der Waals surface area contributed by atoms with Crippen molar-refractivity contribution in [2.24, 2.45) is 0 Å². The number of phenols is 1. The van der Waals surface area contributed by atoms with E-state index < -0.39 is 0 Å². The maximum Gasteiger partial charge on any atom is 0.130 e. The summed E-state index contributed by atoms with van der Waals surface area (Å²) in [6.45, 7) is 11.1. The van der Waals surface area contributed by atoms with Crippen molar-refractivity contribution in [1.82, 2.24) is 0 Å². The Morgan fingerprint density at radius 2 is 1.07 bits per heavy atom. The minimum atomic E-state index is 0.344. The van der Waals surface area contributed by atoms with Gasteiger partial charge in [0.1, 0.15) is 30.5 Å². The molecule has 0 saturated carbocycles. The van der Waals surface area contributed by atoms with Crippen LogP contribution in [-0.2, 0) is 34.0 Å². The Morgan fingerprint density at radius 3 is 1.52 bits per heavy atom. The van der Waals surface area contributed by atoms with Crippen molar-refractivity contribution in [3.05, 3.63) is 88.5 Å². The van der Waals surface area contributed by atoms with Crippen molar-refractivity contribution in [3.63, 3.8) is 0 Å². The highest BCUT2D eigenvalue weighted by atomic mass is 16.5. The fourth-order valence-electron chi connectivity index (χ4n) is 4.26. The maximum absolute atomic E-state index is 9.01. The van der Waals surface area contributed by atoms with E-state index >= 15 is 0 Å². The molecule has 0 aliphatic carbocycles. The molecule has 0 aliphatic heterocycles. The van der Waals surface area contributed by atoms with Gasteiger partial charge in [0.05, 0.1) is 19.8 Å². The van der Waals surface area contributed by atoms with Crippen LogP contribution in [0, 0.1) is 0 Å². The van der Waals surface area contributed by atoms with Crippen LogP contribution in [-0.4, -0.2) is 39.6 Å². The van der Waals surface area contributed by atoms with Crippen molar-refractivity contribution in [3.8, 4) is 17.2 Å². The van der Waals surface area contributed by atoms with Gasteiger partial charge in [-0.05, 0) is 77.8 Å². The van der Waals surface area contributed by atoms with Gasteiger partial charge in [0.25, 0.3) is 0 Å². The lowest BCUT2D eigenvalue weighted by Gasteiger charge is -2.18. The molecule has 3 rings (SSSR count). The highest BCUT2D eigenvalue weighted by molar-refractivity contribution is 5.44. The van der Waals surface area contributed by atoms with Gasteiger partial charge < -0.3 is 28.8 Å². The summed E-state index contributed by atoms with van der Waals surface area (Å²) in [6, 6.07) is 19.8. The monoisotopic (exact) mass is 552 g/mol. The molecule has 6 heteroatoms. The Hall–Kier alpha value is -3.06. The van der Waals surface area contributed by atoms with Crippen molar-refractivity contribution < 1.29 is 28.8 Å². The van der Waals surface area contributed by atoms with Crippen molar-refractivity contribution >= 4 is 0 Å². The predicted octanol–water partition coefficient (Wildman–Crippen LogP) is 8.00. The number of methoxy groups -OCH3 is 3. The first-order valence-corrected chi connectivity index (χ1v) is 14.1. The minimum absolute atomic E-state index is 0.344. The fraction of sp³-hybridized carbons (Fsp3) is 0.471. The molecule has 0 heterocycles. The molecule has 220 valence electrons. The van der Waals surface area contributed by atoms with Crippen LogP contribution in [0.2, 0.25) is 0 Å². The number of rotatable bonds is 15. The second-order valence-corrected chi connectivity index (χ2v) is 10.0. The molecule has 1 N–H and O–H groups in total. The molecule has 3 aromatic carbocycles. The lowest BCUT2D eigenvalue weighted by Crippen LogP contribution is -2.12. The van der Waals surface area contributed by atoms with Gasteiger partial charge in [-0.2, -0.15) is 0 Å². The quantitative estimate of drug-likeness (QED) is 0.193. The largest absolute Gasteiger partial charge is 0.508 e. The number of hydrogen-bond donors (Lipinski definition) is 1. The molecule has 3 aromatic rings. The van der Waals surface area contributed by atoms with E-state index in [0.717, 1.165) is 41.0 Å². The summed E-state index contributed by atoms with van der Waals surface area (Å²) in [7, 11) is 5.03. The molecule has 0 aromatic heterocycles. The van der Waals surface area contributed by atoms with Gasteiger partial charge in [-0.25, -0.2) is 0 Å². The third kappa shape index (κ3) is 10.8. The fourth-order valence-corrected chi connectivity index (χ4v) is 4.26.